The van der Waals surface area contributed by atoms with Gasteiger partial charge < -0.3 is 9.84 Å². The Hall–Kier alpha value is -1.94. The van der Waals surface area contributed by atoms with E-state index in [1.54, 1.807) is 37.1 Å². The number of methoxy groups -OCH3 is 1. The van der Waals surface area contributed by atoms with Crippen LogP contribution in [0, 0.1) is 0 Å². The molecule has 2 aromatic carbocycles. The molecule has 2 aromatic rings. The average molecular weight is 344 g/mol. The highest BCUT2D eigenvalue weighted by atomic mass is 32.2. The normalized spacial score (nSPS) is 10.5. The highest BCUT2D eigenvalue weighted by Gasteiger charge is 2.07. The van der Waals surface area contributed by atoms with Crippen molar-refractivity contribution in [3.05, 3.63) is 54.1 Å². The molecule has 24 heavy (non-hydrogen) atoms. The van der Waals surface area contributed by atoms with Crippen LogP contribution in [-0.4, -0.2) is 23.8 Å². The number of aromatic hydroxyl groups is 1. The minimum Gasteiger partial charge on any atom is -0.508 e. The van der Waals surface area contributed by atoms with Gasteiger partial charge >= 0.3 is 0 Å². The van der Waals surface area contributed by atoms with Crippen LogP contribution in [0.5, 0.6) is 11.5 Å². The molecule has 0 radical (unpaired) electrons. The lowest BCUT2D eigenvalue weighted by molar-refractivity contribution is -0.118. The summed E-state index contributed by atoms with van der Waals surface area (Å²) in [6.45, 7) is 0. The van der Waals surface area contributed by atoms with Crippen LogP contribution in [-0.2, 0) is 11.2 Å². The molecular formula is C20H24O3S. The van der Waals surface area contributed by atoms with Gasteiger partial charge in [0.25, 0.3) is 0 Å². The zero-order valence-corrected chi connectivity index (χ0v) is 14.8. The lowest BCUT2D eigenvalue weighted by atomic mass is 10.0. The third kappa shape index (κ3) is 5.93. The van der Waals surface area contributed by atoms with Crippen molar-refractivity contribution in [3.8, 4) is 11.5 Å². The van der Waals surface area contributed by atoms with Gasteiger partial charge in [-0.05, 0) is 36.8 Å². The second kappa shape index (κ2) is 10.0. The Balaban J connectivity index is 1.61. The molecule has 0 heterocycles. The predicted molar refractivity (Wildman–Crippen MR) is 99.0 cm³/mol. The molecule has 0 atom stereocenters. The number of Topliss-reactive ketones (excluding diaryl/α,β-unsaturated/α-hetero) is 1. The van der Waals surface area contributed by atoms with Gasteiger partial charge in [-0.1, -0.05) is 36.8 Å². The van der Waals surface area contributed by atoms with Gasteiger partial charge in [0, 0.05) is 23.3 Å². The quantitative estimate of drug-likeness (QED) is 0.494. The molecule has 0 bridgehead atoms. The second-order valence-electron chi connectivity index (χ2n) is 5.65. The van der Waals surface area contributed by atoms with Gasteiger partial charge in [-0.15, -0.1) is 11.8 Å². The van der Waals surface area contributed by atoms with Crippen LogP contribution in [0.1, 0.15) is 31.2 Å². The number of para-hydroxylation sites is 2. The van der Waals surface area contributed by atoms with Crippen LogP contribution < -0.4 is 4.74 Å². The van der Waals surface area contributed by atoms with Crippen LogP contribution >= 0.6 is 11.8 Å². The fraction of sp³-hybridized carbons (Fsp3) is 0.350. The maximum absolute atomic E-state index is 12.0. The van der Waals surface area contributed by atoms with Gasteiger partial charge in [0.15, 0.2) is 0 Å². The third-order valence-electron chi connectivity index (χ3n) is 3.81. The molecule has 0 aromatic heterocycles. The first kappa shape index (κ1) is 18.4. The molecule has 0 unspecified atom stereocenters. The molecule has 0 amide bonds. The molecule has 0 saturated heterocycles. The number of benzene rings is 2. The van der Waals surface area contributed by atoms with Gasteiger partial charge in [0.2, 0.25) is 0 Å². The van der Waals surface area contributed by atoms with Crippen LogP contribution in [0.15, 0.2) is 53.4 Å². The Morgan fingerprint density at radius 3 is 2.58 bits per heavy atom. The van der Waals surface area contributed by atoms with Gasteiger partial charge in [-0.2, -0.15) is 0 Å². The fourth-order valence-electron chi connectivity index (χ4n) is 2.48. The van der Waals surface area contributed by atoms with Crippen LogP contribution in [0.3, 0.4) is 0 Å². The fourth-order valence-corrected chi connectivity index (χ4v) is 3.52. The summed E-state index contributed by atoms with van der Waals surface area (Å²) in [6.07, 6.45) is 3.91. The van der Waals surface area contributed by atoms with E-state index >= 15 is 0 Å². The summed E-state index contributed by atoms with van der Waals surface area (Å²) in [5.74, 6) is 2.34. The van der Waals surface area contributed by atoms with E-state index in [1.165, 1.54) is 0 Å². The number of rotatable bonds is 10. The molecule has 4 heteroatoms. The van der Waals surface area contributed by atoms with E-state index in [0.717, 1.165) is 35.7 Å². The number of hydrogen-bond donors (Lipinski definition) is 1. The molecule has 0 saturated carbocycles. The zero-order valence-electron chi connectivity index (χ0n) is 14.0. The standard InChI is InChI=1S/C20H24O3S/c1-23-19-12-6-7-13-20(19)24-14-8-2-3-10-17(21)15-16-9-4-5-11-18(16)22/h4-7,9,11-13,22H,2-3,8,10,14-15H2,1H3. The molecular weight excluding hydrogens is 320 g/mol. The van der Waals surface area contributed by atoms with Crippen molar-refractivity contribution in [1.29, 1.82) is 0 Å². The molecule has 0 aliphatic rings. The van der Waals surface area contributed by atoms with E-state index in [-0.39, 0.29) is 11.5 Å². The molecule has 2 rings (SSSR count). The minimum absolute atomic E-state index is 0.189. The molecule has 0 fully saturated rings. The van der Waals surface area contributed by atoms with Crippen molar-refractivity contribution in [3.63, 3.8) is 0 Å². The van der Waals surface area contributed by atoms with E-state index < -0.39 is 0 Å². The van der Waals surface area contributed by atoms with E-state index in [9.17, 15) is 9.90 Å². The van der Waals surface area contributed by atoms with Crippen molar-refractivity contribution in [1.82, 2.24) is 0 Å². The highest BCUT2D eigenvalue weighted by Crippen LogP contribution is 2.29. The number of unbranched alkanes of at least 4 members (excludes halogenated alkanes) is 2. The monoisotopic (exact) mass is 344 g/mol. The first-order valence-corrected chi connectivity index (χ1v) is 9.23. The van der Waals surface area contributed by atoms with Crippen molar-refractivity contribution in [2.75, 3.05) is 12.9 Å². The van der Waals surface area contributed by atoms with E-state index in [0.29, 0.717) is 18.4 Å². The van der Waals surface area contributed by atoms with Gasteiger partial charge in [0.05, 0.1) is 7.11 Å². The number of carbonyl (C=O) groups is 1. The summed E-state index contributed by atoms with van der Waals surface area (Å²) in [7, 11) is 1.69. The third-order valence-corrected chi connectivity index (χ3v) is 4.95. The maximum atomic E-state index is 12.0. The smallest absolute Gasteiger partial charge is 0.137 e. The van der Waals surface area contributed by atoms with E-state index in [4.69, 9.17) is 4.74 Å². The number of carbonyl (C=O) groups excluding carboxylic acids is 1. The van der Waals surface area contributed by atoms with Crippen molar-refractivity contribution in [2.24, 2.45) is 0 Å². The predicted octanol–water partition coefficient (Wildman–Crippen LogP) is 4.87. The Labute approximate surface area is 148 Å². The molecule has 1 N–H and O–H groups in total. The Morgan fingerprint density at radius 2 is 1.79 bits per heavy atom. The number of phenols is 1. The molecule has 3 nitrogen and oxygen atoms in total. The lowest BCUT2D eigenvalue weighted by Crippen LogP contribution is -2.02. The number of hydrogen-bond acceptors (Lipinski definition) is 4. The summed E-state index contributed by atoms with van der Waals surface area (Å²) in [5.41, 5.74) is 0.717. The van der Waals surface area contributed by atoms with Crippen molar-refractivity contribution in [2.45, 2.75) is 37.0 Å². The maximum Gasteiger partial charge on any atom is 0.137 e. The summed E-state index contributed by atoms with van der Waals surface area (Å²) in [5, 5.41) is 9.69. The molecule has 0 aliphatic heterocycles. The Kier molecular flexibility index (Phi) is 7.69. The van der Waals surface area contributed by atoms with Gasteiger partial charge in [-0.25, -0.2) is 0 Å². The van der Waals surface area contributed by atoms with E-state index in [2.05, 4.69) is 6.07 Å². The lowest BCUT2D eigenvalue weighted by Gasteiger charge is -2.07. The minimum atomic E-state index is 0.189. The Bertz CT molecular complexity index is 655. The first-order valence-electron chi connectivity index (χ1n) is 8.25. The Morgan fingerprint density at radius 1 is 1.04 bits per heavy atom. The number of phenolic OH excluding ortho intramolecular Hbond substituents is 1. The van der Waals surface area contributed by atoms with Gasteiger partial charge in [0.1, 0.15) is 17.3 Å². The highest BCUT2D eigenvalue weighted by molar-refractivity contribution is 7.99. The van der Waals surface area contributed by atoms with Crippen LogP contribution in [0.4, 0.5) is 0 Å². The SMILES string of the molecule is COc1ccccc1SCCCCCC(=O)Cc1ccccc1O. The molecule has 128 valence electrons. The number of ether oxygens (including phenoxy) is 1. The van der Waals surface area contributed by atoms with Crippen LogP contribution in [0.2, 0.25) is 0 Å². The van der Waals surface area contributed by atoms with Crippen molar-refractivity contribution < 1.29 is 14.6 Å². The topological polar surface area (TPSA) is 46.5 Å². The summed E-state index contributed by atoms with van der Waals surface area (Å²) in [4.78, 5) is 13.1. The molecule has 0 spiro atoms. The van der Waals surface area contributed by atoms with Gasteiger partial charge in [-0.3, -0.25) is 4.79 Å². The summed E-state index contributed by atoms with van der Waals surface area (Å²) < 4.78 is 5.34. The second-order valence-corrected chi connectivity index (χ2v) is 6.79. The number of ketones is 1. The zero-order chi connectivity index (χ0) is 17.2. The summed E-state index contributed by atoms with van der Waals surface area (Å²) in [6, 6.07) is 15.1. The average Bonchev–Trinajstić information content (AvgIpc) is 2.60. The van der Waals surface area contributed by atoms with E-state index in [1.807, 2.05) is 24.3 Å². The first-order chi connectivity index (χ1) is 11.7. The summed E-state index contributed by atoms with van der Waals surface area (Å²) >= 11 is 1.79. The number of thioether (sulfide) groups is 1. The molecule has 0 aliphatic carbocycles. The van der Waals surface area contributed by atoms with Crippen molar-refractivity contribution >= 4 is 17.5 Å². The largest absolute Gasteiger partial charge is 0.508 e. The van der Waals surface area contributed by atoms with Crippen LogP contribution in [0.25, 0.3) is 0 Å².